The van der Waals surface area contributed by atoms with Gasteiger partial charge in [0.05, 0.1) is 22.1 Å². The number of aliphatic hydroxyl groups is 1. The highest BCUT2D eigenvalue weighted by molar-refractivity contribution is 6.33. The van der Waals surface area contributed by atoms with Gasteiger partial charge in [-0.1, -0.05) is 29.8 Å². The Morgan fingerprint density at radius 1 is 1.12 bits per heavy atom. The fourth-order valence-electron chi connectivity index (χ4n) is 3.69. The maximum atomic E-state index is 12.3. The van der Waals surface area contributed by atoms with Gasteiger partial charge in [0, 0.05) is 42.9 Å². The Morgan fingerprint density at radius 2 is 1.88 bits per heavy atom. The molecule has 3 aromatic rings. The van der Waals surface area contributed by atoms with Gasteiger partial charge in [0.2, 0.25) is 6.23 Å². The number of amides is 2. The number of hydrogen-bond acceptors (Lipinski definition) is 6. The monoisotopic (exact) mass is 468 g/mol. The van der Waals surface area contributed by atoms with Crippen LogP contribution < -0.4 is 16.0 Å². The summed E-state index contributed by atoms with van der Waals surface area (Å²) in [5.41, 5.74) is 9.27. The number of piperazine rings is 1. The molecule has 1 fully saturated rings. The largest absolute Gasteiger partial charge is 0.368 e. The lowest BCUT2D eigenvalue weighted by Gasteiger charge is -2.34. The molecule has 0 bridgehead atoms. The second-order valence-corrected chi connectivity index (χ2v) is 8.39. The molecule has 172 valence electrons. The highest BCUT2D eigenvalue weighted by Gasteiger charge is 2.18. The van der Waals surface area contributed by atoms with Gasteiger partial charge >= 0.3 is 0 Å². The number of carbonyl (C=O) groups is 2. The quantitative estimate of drug-likeness (QED) is 0.407. The van der Waals surface area contributed by atoms with Crippen LogP contribution in [0.1, 0.15) is 10.4 Å². The van der Waals surface area contributed by atoms with E-state index in [4.69, 9.17) is 17.3 Å². The van der Waals surface area contributed by atoms with Gasteiger partial charge in [-0.15, -0.1) is 0 Å². The summed E-state index contributed by atoms with van der Waals surface area (Å²) in [7, 11) is 2.12. The Hall–Kier alpha value is -3.40. The third kappa shape index (κ3) is 5.16. The predicted octanol–water partition coefficient (Wildman–Crippen LogP) is 1.68. The number of hydrogen-bond donors (Lipinski definition) is 4. The lowest BCUT2D eigenvalue weighted by atomic mass is 10.1. The van der Waals surface area contributed by atoms with Crippen LogP contribution in [-0.2, 0) is 4.79 Å². The van der Waals surface area contributed by atoms with E-state index < -0.39 is 18.0 Å². The maximum Gasteiger partial charge on any atom is 0.267 e. The van der Waals surface area contributed by atoms with Crippen LogP contribution in [0.4, 0.5) is 5.69 Å². The first-order valence-corrected chi connectivity index (χ1v) is 10.9. The number of halogens is 1. The second kappa shape index (κ2) is 9.62. The van der Waals surface area contributed by atoms with Crippen LogP contribution in [0.3, 0.4) is 0 Å². The molecule has 0 unspecified atom stereocenters. The number of likely N-dealkylation sites (N-methyl/N-ethyl adjacent to an activating group) is 1. The van der Waals surface area contributed by atoms with E-state index in [-0.39, 0.29) is 5.56 Å². The molecule has 0 aliphatic carbocycles. The minimum Gasteiger partial charge on any atom is -0.368 e. The third-order valence-corrected chi connectivity index (χ3v) is 5.94. The molecular weight excluding hydrogens is 444 g/mol. The molecule has 1 atom stereocenters. The van der Waals surface area contributed by atoms with Crippen molar-refractivity contribution in [2.75, 3.05) is 38.1 Å². The van der Waals surface area contributed by atoms with Gasteiger partial charge in [0.1, 0.15) is 0 Å². The van der Waals surface area contributed by atoms with Crippen molar-refractivity contribution in [1.29, 1.82) is 0 Å². The molecule has 0 saturated carbocycles. The standard InChI is InChI=1S/C23H25ClN6O3/c1-29-7-9-30(10-8-29)20-6-5-15(12-17(20)24)19-13-18(27-28-19)14-3-2-4-16(11-14)22(32)26-23(33)21(25)31/h2-6,11-13,23,33H,7-10H2,1H3,(H2,25,31)(H,26,32)(H,27,28)/t23-/m1/s1. The SMILES string of the molecule is CN1CCN(c2ccc(-c3cc(-c4cccc(C(=O)N[C@H](O)C(N)=O)c4)n[nH]3)cc2Cl)CC1. The molecule has 10 heteroatoms. The lowest BCUT2D eigenvalue weighted by molar-refractivity contribution is -0.127. The molecule has 5 N–H and O–H groups in total. The minimum atomic E-state index is -1.75. The van der Waals surface area contributed by atoms with Crippen molar-refractivity contribution < 1.29 is 14.7 Å². The second-order valence-electron chi connectivity index (χ2n) is 7.98. The van der Waals surface area contributed by atoms with E-state index in [0.717, 1.165) is 43.1 Å². The summed E-state index contributed by atoms with van der Waals surface area (Å²) in [5.74, 6) is -1.65. The number of rotatable bonds is 6. The van der Waals surface area contributed by atoms with Gasteiger partial charge in [-0.05, 0) is 37.4 Å². The molecule has 1 aliphatic rings. The molecule has 0 radical (unpaired) electrons. The Morgan fingerprint density at radius 3 is 2.58 bits per heavy atom. The number of H-pyrrole nitrogens is 1. The Kier molecular flexibility index (Phi) is 6.64. The molecule has 4 rings (SSSR count). The number of benzene rings is 2. The van der Waals surface area contributed by atoms with E-state index in [9.17, 15) is 14.7 Å². The van der Waals surface area contributed by atoms with Gasteiger partial charge in [-0.2, -0.15) is 5.10 Å². The van der Waals surface area contributed by atoms with Gasteiger partial charge in [0.25, 0.3) is 11.8 Å². The summed E-state index contributed by atoms with van der Waals surface area (Å²) in [5, 5.41) is 19.7. The molecule has 2 heterocycles. The number of nitrogens with zero attached hydrogens (tertiary/aromatic N) is 3. The van der Waals surface area contributed by atoms with Crippen molar-refractivity contribution in [3.8, 4) is 22.5 Å². The van der Waals surface area contributed by atoms with Gasteiger partial charge in [-0.25, -0.2) is 0 Å². The average molecular weight is 469 g/mol. The highest BCUT2D eigenvalue weighted by Crippen LogP contribution is 2.32. The number of nitrogens with two attached hydrogens (primary N) is 1. The van der Waals surface area contributed by atoms with Gasteiger partial charge < -0.3 is 26.0 Å². The van der Waals surface area contributed by atoms with E-state index >= 15 is 0 Å². The first kappa shape index (κ1) is 22.8. The minimum absolute atomic E-state index is 0.261. The Labute approximate surface area is 196 Å². The zero-order valence-electron chi connectivity index (χ0n) is 18.1. The van der Waals surface area contributed by atoms with Crippen molar-refractivity contribution in [1.82, 2.24) is 20.4 Å². The summed E-state index contributed by atoms with van der Waals surface area (Å²) in [6.07, 6.45) is -1.75. The zero-order valence-corrected chi connectivity index (χ0v) is 18.8. The Bertz CT molecular complexity index is 1170. The first-order valence-electron chi connectivity index (χ1n) is 10.5. The number of nitrogens with one attached hydrogen (secondary N) is 2. The average Bonchev–Trinajstić information content (AvgIpc) is 3.30. The Balaban J connectivity index is 1.52. The number of aliphatic hydroxyl groups excluding tert-OH is 1. The molecule has 1 aliphatic heterocycles. The van der Waals surface area contributed by atoms with Crippen LogP contribution in [-0.4, -0.2) is 71.5 Å². The number of primary amides is 1. The molecule has 2 amide bonds. The summed E-state index contributed by atoms with van der Waals surface area (Å²) in [6, 6.07) is 14.5. The number of aromatic nitrogens is 2. The molecule has 1 saturated heterocycles. The van der Waals surface area contributed by atoms with Crippen molar-refractivity contribution in [3.05, 3.63) is 59.1 Å². The van der Waals surface area contributed by atoms with E-state index in [0.29, 0.717) is 16.3 Å². The fourth-order valence-corrected chi connectivity index (χ4v) is 3.99. The van der Waals surface area contributed by atoms with Gasteiger partial charge in [-0.3, -0.25) is 14.7 Å². The topological polar surface area (TPSA) is 128 Å². The summed E-state index contributed by atoms with van der Waals surface area (Å²) < 4.78 is 0. The highest BCUT2D eigenvalue weighted by atomic mass is 35.5. The first-order chi connectivity index (χ1) is 15.8. The van der Waals surface area contributed by atoms with Crippen molar-refractivity contribution in [2.24, 2.45) is 5.73 Å². The molecule has 2 aromatic carbocycles. The molecule has 0 spiro atoms. The molecule has 9 nitrogen and oxygen atoms in total. The normalized spacial score (nSPS) is 15.3. The number of carbonyl (C=O) groups excluding carboxylic acids is 2. The molecule has 1 aromatic heterocycles. The van der Waals surface area contributed by atoms with Crippen molar-refractivity contribution in [3.63, 3.8) is 0 Å². The maximum absolute atomic E-state index is 12.3. The molecular formula is C23H25ClN6O3. The van der Waals surface area contributed by atoms with Crippen LogP contribution in [0.2, 0.25) is 5.02 Å². The summed E-state index contributed by atoms with van der Waals surface area (Å²) in [4.78, 5) is 27.8. The summed E-state index contributed by atoms with van der Waals surface area (Å²) >= 11 is 6.60. The van der Waals surface area contributed by atoms with E-state index in [2.05, 4.69) is 32.4 Å². The molecule has 33 heavy (non-hydrogen) atoms. The van der Waals surface area contributed by atoms with Crippen molar-refractivity contribution in [2.45, 2.75) is 6.23 Å². The van der Waals surface area contributed by atoms with Crippen LogP contribution in [0.5, 0.6) is 0 Å². The van der Waals surface area contributed by atoms with Crippen LogP contribution in [0, 0.1) is 0 Å². The van der Waals surface area contributed by atoms with E-state index in [1.165, 1.54) is 0 Å². The van der Waals surface area contributed by atoms with Crippen molar-refractivity contribution >= 4 is 29.1 Å². The number of anilines is 1. The van der Waals surface area contributed by atoms with E-state index in [1.54, 1.807) is 18.2 Å². The number of aromatic amines is 1. The summed E-state index contributed by atoms with van der Waals surface area (Å²) in [6.45, 7) is 3.87. The van der Waals surface area contributed by atoms with Crippen LogP contribution in [0.25, 0.3) is 22.5 Å². The van der Waals surface area contributed by atoms with E-state index in [1.807, 2.05) is 30.3 Å². The predicted molar refractivity (Wildman–Crippen MR) is 127 cm³/mol. The van der Waals surface area contributed by atoms with Gasteiger partial charge in [0.15, 0.2) is 0 Å². The smallest absolute Gasteiger partial charge is 0.267 e. The lowest BCUT2D eigenvalue weighted by Crippen LogP contribution is -2.44. The fraction of sp³-hybridized carbons (Fsp3) is 0.261. The zero-order chi connectivity index (χ0) is 23.5. The third-order valence-electron chi connectivity index (χ3n) is 5.64. The van der Waals surface area contributed by atoms with Crippen LogP contribution >= 0.6 is 11.6 Å². The van der Waals surface area contributed by atoms with Crippen LogP contribution in [0.15, 0.2) is 48.5 Å².